The van der Waals surface area contributed by atoms with Gasteiger partial charge in [-0.25, -0.2) is 8.42 Å². The minimum absolute atomic E-state index is 0.00163. The van der Waals surface area contributed by atoms with Crippen LogP contribution in [-0.4, -0.2) is 56.6 Å². The Morgan fingerprint density at radius 1 is 1.38 bits per heavy atom. The van der Waals surface area contributed by atoms with Crippen molar-refractivity contribution in [1.82, 2.24) is 9.62 Å². The number of carbonyl (C=O) groups excluding carboxylic acids is 1. The lowest BCUT2D eigenvalue weighted by atomic mass is 9.89. The molecule has 1 aromatic carbocycles. The van der Waals surface area contributed by atoms with Gasteiger partial charge in [0, 0.05) is 26.6 Å². The van der Waals surface area contributed by atoms with Crippen LogP contribution in [0.5, 0.6) is 5.75 Å². The van der Waals surface area contributed by atoms with Gasteiger partial charge in [0.25, 0.3) is 0 Å². The molecular formula is C16H24N2O5S. The molecule has 0 bridgehead atoms. The van der Waals surface area contributed by atoms with Gasteiger partial charge in [-0.3, -0.25) is 4.79 Å². The molecule has 2 rings (SSSR count). The zero-order chi connectivity index (χ0) is 17.8. The third-order valence-corrected chi connectivity index (χ3v) is 6.17. The standard InChI is InChI=1S/C16H24N2O5S/c1-17-15(19)8-10-16(20)9-3-11-18(12-16)24(21,22)14-6-4-13(23-2)5-7-14/h4-7,20H,3,8-12H2,1-2H3,(H,17,19)/t16-/m0/s1. The van der Waals surface area contributed by atoms with E-state index in [0.29, 0.717) is 25.1 Å². The third kappa shape index (κ3) is 4.25. The lowest BCUT2D eigenvalue weighted by molar-refractivity contribution is -0.122. The van der Waals surface area contributed by atoms with Gasteiger partial charge in [0.05, 0.1) is 17.6 Å². The summed E-state index contributed by atoms with van der Waals surface area (Å²) < 4.78 is 31.9. The van der Waals surface area contributed by atoms with Gasteiger partial charge in [-0.15, -0.1) is 0 Å². The summed E-state index contributed by atoms with van der Waals surface area (Å²) in [7, 11) is -0.635. The Labute approximate surface area is 142 Å². The van der Waals surface area contributed by atoms with Crippen LogP contribution in [0.3, 0.4) is 0 Å². The molecule has 0 spiro atoms. The first-order chi connectivity index (χ1) is 11.3. The molecule has 1 atom stereocenters. The summed E-state index contributed by atoms with van der Waals surface area (Å²) in [5, 5.41) is 13.2. The number of ether oxygens (including phenoxy) is 1. The van der Waals surface area contributed by atoms with Gasteiger partial charge in [0.1, 0.15) is 5.75 Å². The Bertz CT molecular complexity index is 674. The molecule has 7 nitrogen and oxygen atoms in total. The number of amides is 1. The van der Waals surface area contributed by atoms with E-state index < -0.39 is 15.6 Å². The number of hydrogen-bond acceptors (Lipinski definition) is 5. The summed E-state index contributed by atoms with van der Waals surface area (Å²) >= 11 is 0. The van der Waals surface area contributed by atoms with Crippen molar-refractivity contribution in [2.24, 2.45) is 0 Å². The van der Waals surface area contributed by atoms with Gasteiger partial charge in [-0.2, -0.15) is 4.31 Å². The van der Waals surface area contributed by atoms with Gasteiger partial charge < -0.3 is 15.2 Å². The molecule has 0 unspecified atom stereocenters. The smallest absolute Gasteiger partial charge is 0.243 e. The molecule has 24 heavy (non-hydrogen) atoms. The van der Waals surface area contributed by atoms with Crippen LogP contribution >= 0.6 is 0 Å². The topological polar surface area (TPSA) is 95.9 Å². The zero-order valence-electron chi connectivity index (χ0n) is 14.0. The Hall–Kier alpha value is -1.64. The molecule has 8 heteroatoms. The number of piperidine rings is 1. The number of hydrogen-bond donors (Lipinski definition) is 2. The molecule has 1 amide bonds. The predicted octanol–water partition coefficient (Wildman–Crippen LogP) is 0.737. The Morgan fingerprint density at radius 2 is 2.04 bits per heavy atom. The van der Waals surface area contributed by atoms with E-state index in [9.17, 15) is 18.3 Å². The monoisotopic (exact) mass is 356 g/mol. The Morgan fingerprint density at radius 3 is 2.62 bits per heavy atom. The number of methoxy groups -OCH3 is 1. The van der Waals surface area contributed by atoms with Crippen LogP contribution in [0.2, 0.25) is 0 Å². The summed E-state index contributed by atoms with van der Waals surface area (Å²) in [6, 6.07) is 6.17. The second-order valence-corrected chi connectivity index (χ2v) is 7.95. The lowest BCUT2D eigenvalue weighted by Crippen LogP contribution is -2.50. The lowest BCUT2D eigenvalue weighted by Gasteiger charge is -2.38. The number of β-amino-alcohol motifs (C(OH)–C–C–N with tert-alkyl or cyclic N) is 1. The molecule has 0 saturated carbocycles. The highest BCUT2D eigenvalue weighted by atomic mass is 32.2. The fourth-order valence-corrected chi connectivity index (χ4v) is 4.41. The first kappa shape index (κ1) is 18.7. The van der Waals surface area contributed by atoms with Gasteiger partial charge in [-0.05, 0) is 43.5 Å². The molecule has 0 aliphatic carbocycles. The van der Waals surface area contributed by atoms with E-state index >= 15 is 0 Å². The number of benzene rings is 1. The average molecular weight is 356 g/mol. The van der Waals surface area contributed by atoms with E-state index in [1.165, 1.54) is 30.6 Å². The van der Waals surface area contributed by atoms with Crippen LogP contribution in [0.4, 0.5) is 0 Å². The predicted molar refractivity (Wildman–Crippen MR) is 89.2 cm³/mol. The summed E-state index contributed by atoms with van der Waals surface area (Å²) in [4.78, 5) is 11.6. The van der Waals surface area contributed by atoms with Crippen molar-refractivity contribution in [3.05, 3.63) is 24.3 Å². The number of sulfonamides is 1. The molecular weight excluding hydrogens is 332 g/mol. The molecule has 2 N–H and O–H groups in total. The fourth-order valence-electron chi connectivity index (χ4n) is 2.85. The normalized spacial score (nSPS) is 22.1. The van der Waals surface area contributed by atoms with E-state index in [-0.39, 0.29) is 30.2 Å². The SMILES string of the molecule is CNC(=O)CC[C@@]1(O)CCCN(S(=O)(=O)c2ccc(OC)cc2)C1. The van der Waals surface area contributed by atoms with Crippen molar-refractivity contribution in [3.63, 3.8) is 0 Å². The molecule has 0 aromatic heterocycles. The van der Waals surface area contributed by atoms with Crippen LogP contribution < -0.4 is 10.1 Å². The summed E-state index contributed by atoms with van der Waals surface area (Å²) in [5.74, 6) is 0.410. The van der Waals surface area contributed by atoms with Crippen LogP contribution in [0.25, 0.3) is 0 Å². The molecule has 1 heterocycles. The molecule has 134 valence electrons. The fraction of sp³-hybridized carbons (Fsp3) is 0.562. The number of carbonyl (C=O) groups is 1. The second-order valence-electron chi connectivity index (χ2n) is 6.02. The minimum atomic E-state index is -3.68. The van der Waals surface area contributed by atoms with Gasteiger partial charge in [0.2, 0.25) is 15.9 Å². The van der Waals surface area contributed by atoms with E-state index in [2.05, 4.69) is 5.32 Å². The van der Waals surface area contributed by atoms with Gasteiger partial charge >= 0.3 is 0 Å². The summed E-state index contributed by atoms with van der Waals surface area (Å²) in [5.41, 5.74) is -1.18. The zero-order valence-corrected chi connectivity index (χ0v) is 14.8. The molecule has 0 radical (unpaired) electrons. The largest absolute Gasteiger partial charge is 0.497 e. The van der Waals surface area contributed by atoms with Crippen molar-refractivity contribution in [2.75, 3.05) is 27.2 Å². The van der Waals surface area contributed by atoms with Gasteiger partial charge in [-0.1, -0.05) is 0 Å². The summed E-state index contributed by atoms with van der Waals surface area (Å²) in [6.07, 6.45) is 1.45. The minimum Gasteiger partial charge on any atom is -0.497 e. The van der Waals surface area contributed by atoms with Crippen molar-refractivity contribution in [2.45, 2.75) is 36.2 Å². The Kier molecular flexibility index (Phi) is 5.84. The van der Waals surface area contributed by atoms with Crippen LogP contribution in [0, 0.1) is 0 Å². The summed E-state index contributed by atoms with van der Waals surface area (Å²) in [6.45, 7) is 0.356. The van der Waals surface area contributed by atoms with Crippen molar-refractivity contribution < 1.29 is 23.1 Å². The van der Waals surface area contributed by atoms with E-state index in [4.69, 9.17) is 4.74 Å². The van der Waals surface area contributed by atoms with E-state index in [1.807, 2.05) is 0 Å². The first-order valence-electron chi connectivity index (χ1n) is 7.88. The number of rotatable bonds is 6. The third-order valence-electron chi connectivity index (χ3n) is 4.31. The highest BCUT2D eigenvalue weighted by Gasteiger charge is 2.38. The number of nitrogens with zero attached hydrogens (tertiary/aromatic N) is 1. The molecule has 1 fully saturated rings. The van der Waals surface area contributed by atoms with E-state index in [0.717, 1.165) is 0 Å². The molecule has 1 saturated heterocycles. The van der Waals surface area contributed by atoms with Crippen molar-refractivity contribution >= 4 is 15.9 Å². The second kappa shape index (κ2) is 7.50. The van der Waals surface area contributed by atoms with Crippen LogP contribution in [-0.2, 0) is 14.8 Å². The van der Waals surface area contributed by atoms with Crippen molar-refractivity contribution in [1.29, 1.82) is 0 Å². The first-order valence-corrected chi connectivity index (χ1v) is 9.32. The number of nitrogens with one attached hydrogen (secondary N) is 1. The highest BCUT2D eigenvalue weighted by molar-refractivity contribution is 7.89. The maximum absolute atomic E-state index is 12.8. The molecule has 1 aliphatic rings. The van der Waals surface area contributed by atoms with E-state index in [1.54, 1.807) is 12.1 Å². The molecule has 1 aromatic rings. The molecule has 1 aliphatic heterocycles. The average Bonchev–Trinajstić information content (AvgIpc) is 2.59. The maximum atomic E-state index is 12.8. The number of aliphatic hydroxyl groups is 1. The quantitative estimate of drug-likeness (QED) is 0.784. The van der Waals surface area contributed by atoms with Crippen LogP contribution in [0.1, 0.15) is 25.7 Å². The van der Waals surface area contributed by atoms with Crippen LogP contribution in [0.15, 0.2) is 29.2 Å². The van der Waals surface area contributed by atoms with Crippen molar-refractivity contribution in [3.8, 4) is 5.75 Å². The maximum Gasteiger partial charge on any atom is 0.243 e. The Balaban J connectivity index is 2.13. The highest BCUT2D eigenvalue weighted by Crippen LogP contribution is 2.30. The van der Waals surface area contributed by atoms with Gasteiger partial charge in [0.15, 0.2) is 0 Å².